The molecule has 23 heavy (non-hydrogen) atoms. The average molecular weight is 314 g/mol. The van der Waals surface area contributed by atoms with Crippen molar-refractivity contribution in [1.82, 2.24) is 10.5 Å². The van der Waals surface area contributed by atoms with Crippen molar-refractivity contribution in [3.05, 3.63) is 40.8 Å². The van der Waals surface area contributed by atoms with Crippen molar-refractivity contribution in [1.29, 1.82) is 0 Å². The molecule has 0 saturated carbocycles. The molecule has 6 nitrogen and oxygen atoms in total. The molecule has 1 aromatic heterocycles. The SMILES string of the molecule is O=C(NCc1ccc2c(c1)OCO2)c1noc2c1CCCCC2. The zero-order valence-corrected chi connectivity index (χ0v) is 12.8. The van der Waals surface area contributed by atoms with Gasteiger partial charge in [-0.25, -0.2) is 0 Å². The van der Waals surface area contributed by atoms with E-state index in [1.54, 1.807) is 0 Å². The first kappa shape index (κ1) is 14.1. The van der Waals surface area contributed by atoms with E-state index in [2.05, 4.69) is 10.5 Å². The van der Waals surface area contributed by atoms with Gasteiger partial charge in [0, 0.05) is 18.5 Å². The van der Waals surface area contributed by atoms with Crippen LogP contribution in [0.5, 0.6) is 11.5 Å². The number of benzene rings is 1. The van der Waals surface area contributed by atoms with Gasteiger partial charge in [-0.05, 0) is 37.0 Å². The van der Waals surface area contributed by atoms with Crippen LogP contribution in [-0.2, 0) is 19.4 Å². The number of carbonyl (C=O) groups is 1. The fraction of sp³-hybridized carbons (Fsp3) is 0.412. The Morgan fingerprint density at radius 3 is 2.96 bits per heavy atom. The van der Waals surface area contributed by atoms with Gasteiger partial charge in [0.2, 0.25) is 6.79 Å². The first-order valence-corrected chi connectivity index (χ1v) is 7.95. The van der Waals surface area contributed by atoms with Crippen LogP contribution in [0.2, 0.25) is 0 Å². The van der Waals surface area contributed by atoms with E-state index in [9.17, 15) is 4.79 Å². The molecule has 1 N–H and O–H groups in total. The molecule has 2 aliphatic rings. The van der Waals surface area contributed by atoms with E-state index in [1.807, 2.05) is 18.2 Å². The van der Waals surface area contributed by atoms with Crippen molar-refractivity contribution in [2.45, 2.75) is 38.6 Å². The highest BCUT2D eigenvalue weighted by Crippen LogP contribution is 2.32. The van der Waals surface area contributed by atoms with Gasteiger partial charge in [-0.3, -0.25) is 4.79 Å². The number of amides is 1. The van der Waals surface area contributed by atoms with E-state index in [-0.39, 0.29) is 12.7 Å². The van der Waals surface area contributed by atoms with Crippen LogP contribution < -0.4 is 14.8 Å². The first-order chi connectivity index (χ1) is 11.3. The van der Waals surface area contributed by atoms with Gasteiger partial charge in [0.05, 0.1) is 0 Å². The maximum Gasteiger partial charge on any atom is 0.274 e. The Bertz CT molecular complexity index is 738. The van der Waals surface area contributed by atoms with E-state index in [1.165, 1.54) is 6.42 Å². The third-order valence-electron chi connectivity index (χ3n) is 4.31. The molecule has 120 valence electrons. The number of carbonyl (C=O) groups excluding carboxylic acids is 1. The highest BCUT2D eigenvalue weighted by atomic mass is 16.7. The normalized spacial score (nSPS) is 15.8. The standard InChI is InChI=1S/C17H18N2O4/c20-17(16-12-4-2-1-3-5-13(12)23-19-16)18-9-11-6-7-14-15(8-11)22-10-21-14/h6-8H,1-5,9-10H2,(H,18,20). The average Bonchev–Trinajstić information content (AvgIpc) is 3.13. The van der Waals surface area contributed by atoms with E-state index < -0.39 is 0 Å². The van der Waals surface area contributed by atoms with E-state index in [0.717, 1.165) is 48.3 Å². The Kier molecular flexibility index (Phi) is 3.65. The minimum absolute atomic E-state index is 0.186. The lowest BCUT2D eigenvalue weighted by molar-refractivity contribution is 0.0940. The van der Waals surface area contributed by atoms with Crippen LogP contribution in [0.1, 0.15) is 46.6 Å². The maximum absolute atomic E-state index is 12.4. The number of aromatic nitrogens is 1. The second kappa shape index (κ2) is 5.95. The Labute approximate surface area is 133 Å². The molecule has 0 atom stereocenters. The molecule has 1 amide bonds. The van der Waals surface area contributed by atoms with E-state index in [4.69, 9.17) is 14.0 Å². The van der Waals surface area contributed by atoms with Crippen LogP contribution >= 0.6 is 0 Å². The van der Waals surface area contributed by atoms with Gasteiger partial charge >= 0.3 is 0 Å². The van der Waals surface area contributed by atoms with Crippen LogP contribution in [0.15, 0.2) is 22.7 Å². The molecule has 0 unspecified atom stereocenters. The minimum atomic E-state index is -0.186. The summed E-state index contributed by atoms with van der Waals surface area (Å²) in [7, 11) is 0. The molecule has 1 aliphatic carbocycles. The molecule has 6 heteroatoms. The predicted octanol–water partition coefficient (Wildman–Crippen LogP) is 2.60. The van der Waals surface area contributed by atoms with Crippen LogP contribution in [-0.4, -0.2) is 17.9 Å². The quantitative estimate of drug-likeness (QED) is 0.882. The Morgan fingerprint density at radius 2 is 2.00 bits per heavy atom. The van der Waals surface area contributed by atoms with Crippen molar-refractivity contribution in [2.24, 2.45) is 0 Å². The molecule has 1 aromatic carbocycles. The summed E-state index contributed by atoms with van der Waals surface area (Å²) in [6.07, 6.45) is 5.09. The molecule has 1 aliphatic heterocycles. The highest BCUT2D eigenvalue weighted by Gasteiger charge is 2.23. The summed E-state index contributed by atoms with van der Waals surface area (Å²) in [4.78, 5) is 12.4. The number of nitrogens with one attached hydrogen (secondary N) is 1. The summed E-state index contributed by atoms with van der Waals surface area (Å²) >= 11 is 0. The van der Waals surface area contributed by atoms with Crippen LogP contribution in [0.25, 0.3) is 0 Å². The number of hydrogen-bond acceptors (Lipinski definition) is 5. The summed E-state index contributed by atoms with van der Waals surface area (Å²) in [6.45, 7) is 0.660. The molecule has 0 bridgehead atoms. The van der Waals surface area contributed by atoms with Crippen LogP contribution in [0.4, 0.5) is 0 Å². The summed E-state index contributed by atoms with van der Waals surface area (Å²) < 4.78 is 16.0. The van der Waals surface area contributed by atoms with Gasteiger partial charge in [-0.1, -0.05) is 17.6 Å². The Balaban J connectivity index is 1.45. The fourth-order valence-corrected chi connectivity index (χ4v) is 3.06. The molecular weight excluding hydrogens is 296 g/mol. The zero-order chi connectivity index (χ0) is 15.6. The van der Waals surface area contributed by atoms with Gasteiger partial charge in [0.15, 0.2) is 17.2 Å². The van der Waals surface area contributed by atoms with Crippen molar-refractivity contribution >= 4 is 5.91 Å². The number of hydrogen-bond donors (Lipinski definition) is 1. The van der Waals surface area contributed by atoms with Gasteiger partial charge < -0.3 is 19.3 Å². The molecule has 0 spiro atoms. The number of nitrogens with zero attached hydrogens (tertiary/aromatic N) is 1. The second-order valence-electron chi connectivity index (χ2n) is 5.86. The van der Waals surface area contributed by atoms with Gasteiger partial charge in [0.1, 0.15) is 5.76 Å². The summed E-state index contributed by atoms with van der Waals surface area (Å²) in [5.41, 5.74) is 2.37. The Morgan fingerprint density at radius 1 is 1.13 bits per heavy atom. The van der Waals surface area contributed by atoms with Crippen LogP contribution in [0, 0.1) is 0 Å². The van der Waals surface area contributed by atoms with Gasteiger partial charge in [-0.2, -0.15) is 0 Å². The zero-order valence-electron chi connectivity index (χ0n) is 12.8. The lowest BCUT2D eigenvalue weighted by atomic mass is 10.1. The number of rotatable bonds is 3. The lowest BCUT2D eigenvalue weighted by Crippen LogP contribution is -2.24. The van der Waals surface area contributed by atoms with Crippen molar-refractivity contribution in [3.8, 4) is 11.5 Å². The predicted molar refractivity (Wildman–Crippen MR) is 81.5 cm³/mol. The van der Waals surface area contributed by atoms with Crippen molar-refractivity contribution in [3.63, 3.8) is 0 Å². The molecule has 4 rings (SSSR count). The molecule has 0 radical (unpaired) electrons. The van der Waals surface area contributed by atoms with Crippen molar-refractivity contribution in [2.75, 3.05) is 6.79 Å². The fourth-order valence-electron chi connectivity index (χ4n) is 3.06. The van der Waals surface area contributed by atoms with Crippen molar-refractivity contribution < 1.29 is 18.8 Å². The number of aryl methyl sites for hydroxylation is 1. The number of fused-ring (bicyclic) bond motifs is 2. The highest BCUT2D eigenvalue weighted by molar-refractivity contribution is 5.93. The second-order valence-corrected chi connectivity index (χ2v) is 5.86. The lowest BCUT2D eigenvalue weighted by Gasteiger charge is -2.06. The molecular formula is C17H18N2O4. The minimum Gasteiger partial charge on any atom is -0.454 e. The third kappa shape index (κ3) is 2.76. The van der Waals surface area contributed by atoms with Crippen LogP contribution in [0.3, 0.4) is 0 Å². The summed E-state index contributed by atoms with van der Waals surface area (Å²) in [5, 5.41) is 6.88. The topological polar surface area (TPSA) is 73.6 Å². The molecule has 0 fully saturated rings. The third-order valence-corrected chi connectivity index (χ3v) is 4.31. The summed E-state index contributed by atoms with van der Waals surface area (Å²) in [6, 6.07) is 5.65. The molecule has 0 saturated heterocycles. The smallest absolute Gasteiger partial charge is 0.274 e. The Hall–Kier alpha value is -2.50. The van der Waals surface area contributed by atoms with Gasteiger partial charge in [0.25, 0.3) is 5.91 Å². The van der Waals surface area contributed by atoms with E-state index in [0.29, 0.717) is 18.0 Å². The van der Waals surface area contributed by atoms with Gasteiger partial charge in [-0.15, -0.1) is 0 Å². The molecule has 2 heterocycles. The first-order valence-electron chi connectivity index (χ1n) is 7.95. The summed E-state index contributed by atoms with van der Waals surface area (Å²) in [5.74, 6) is 2.14. The largest absolute Gasteiger partial charge is 0.454 e. The van der Waals surface area contributed by atoms with E-state index >= 15 is 0 Å². The molecule has 2 aromatic rings. The maximum atomic E-state index is 12.4. The monoisotopic (exact) mass is 314 g/mol. The number of ether oxygens (including phenoxy) is 2.